The Balaban J connectivity index is 1.07. The molecule has 0 N–H and O–H groups in total. The van der Waals surface area contributed by atoms with Crippen LogP contribution >= 0.6 is 0 Å². The SMILES string of the molecule is c1ccc(-c2cccc(-c3nc(-c4ccccc4)nc(-c4ccc5oc6ccc(-n7c8ccccc8c8ccc(-c9ccccc9)cc87)cc6c5c4)n3)c2)cc1. The van der Waals surface area contributed by atoms with Crippen LogP contribution in [-0.2, 0) is 0 Å². The van der Waals surface area contributed by atoms with E-state index in [1.54, 1.807) is 0 Å². The van der Waals surface area contributed by atoms with E-state index in [1.165, 1.54) is 21.9 Å². The van der Waals surface area contributed by atoms with Gasteiger partial charge in [-0.1, -0.05) is 140 Å². The highest BCUT2D eigenvalue weighted by Crippen LogP contribution is 2.38. The average Bonchev–Trinajstić information content (AvgIpc) is 3.81. The molecule has 0 aliphatic carbocycles. The number of fused-ring (bicyclic) bond motifs is 6. The van der Waals surface area contributed by atoms with Crippen molar-refractivity contribution >= 4 is 43.7 Å². The fraction of sp³-hybridized carbons (Fsp3) is 0. The minimum absolute atomic E-state index is 0.599. The fourth-order valence-electron chi connectivity index (χ4n) is 7.92. The zero-order valence-electron chi connectivity index (χ0n) is 30.2. The van der Waals surface area contributed by atoms with Crippen molar-refractivity contribution in [1.82, 2.24) is 19.5 Å². The van der Waals surface area contributed by atoms with Gasteiger partial charge in [0.05, 0.1) is 11.0 Å². The summed E-state index contributed by atoms with van der Waals surface area (Å²) in [5, 5.41) is 4.46. The molecule has 11 rings (SSSR count). The van der Waals surface area contributed by atoms with Crippen molar-refractivity contribution in [2.45, 2.75) is 0 Å². The summed E-state index contributed by atoms with van der Waals surface area (Å²) in [5.41, 5.74) is 12.4. The third-order valence-corrected chi connectivity index (χ3v) is 10.6. The largest absolute Gasteiger partial charge is 0.456 e. The molecule has 0 saturated carbocycles. The summed E-state index contributed by atoms with van der Waals surface area (Å²) in [5.74, 6) is 1.84. The van der Waals surface area contributed by atoms with E-state index in [0.717, 1.165) is 66.5 Å². The molecule has 56 heavy (non-hydrogen) atoms. The van der Waals surface area contributed by atoms with Crippen LogP contribution in [0.4, 0.5) is 0 Å². The van der Waals surface area contributed by atoms with Crippen LogP contribution in [0.25, 0.3) is 106 Å². The van der Waals surface area contributed by atoms with Gasteiger partial charge >= 0.3 is 0 Å². The Kier molecular flexibility index (Phi) is 7.42. The molecule has 11 aromatic rings. The summed E-state index contributed by atoms with van der Waals surface area (Å²) in [6.07, 6.45) is 0. The van der Waals surface area contributed by atoms with Gasteiger partial charge in [0, 0.05) is 43.9 Å². The van der Waals surface area contributed by atoms with Crippen molar-refractivity contribution < 1.29 is 4.42 Å². The van der Waals surface area contributed by atoms with Crippen LogP contribution in [0.5, 0.6) is 0 Å². The van der Waals surface area contributed by atoms with Crippen molar-refractivity contribution in [2.75, 3.05) is 0 Å². The van der Waals surface area contributed by atoms with E-state index in [4.69, 9.17) is 19.4 Å². The van der Waals surface area contributed by atoms with Crippen LogP contribution < -0.4 is 0 Å². The van der Waals surface area contributed by atoms with Crippen LogP contribution in [0.15, 0.2) is 199 Å². The third-order valence-electron chi connectivity index (χ3n) is 10.6. The van der Waals surface area contributed by atoms with Gasteiger partial charge in [-0.25, -0.2) is 15.0 Å². The molecule has 0 aliphatic heterocycles. The van der Waals surface area contributed by atoms with E-state index in [2.05, 4.69) is 150 Å². The smallest absolute Gasteiger partial charge is 0.164 e. The zero-order valence-corrected chi connectivity index (χ0v) is 30.2. The Morgan fingerprint density at radius 1 is 0.304 bits per heavy atom. The summed E-state index contributed by atoms with van der Waals surface area (Å²) in [4.78, 5) is 15.2. The summed E-state index contributed by atoms with van der Waals surface area (Å²) < 4.78 is 8.81. The molecule has 0 radical (unpaired) electrons. The van der Waals surface area contributed by atoms with Gasteiger partial charge < -0.3 is 8.98 Å². The molecule has 0 spiro atoms. The summed E-state index contributed by atoms with van der Waals surface area (Å²) in [6.45, 7) is 0. The number of hydrogen-bond donors (Lipinski definition) is 0. The van der Waals surface area contributed by atoms with E-state index < -0.39 is 0 Å². The van der Waals surface area contributed by atoms with Crippen molar-refractivity contribution in [3.8, 4) is 62.1 Å². The Hall–Kier alpha value is -7.63. The van der Waals surface area contributed by atoms with Gasteiger partial charge in [-0.3, -0.25) is 0 Å². The lowest BCUT2D eigenvalue weighted by Crippen LogP contribution is -2.00. The number of aromatic nitrogens is 4. The maximum absolute atomic E-state index is 6.45. The molecule has 8 aromatic carbocycles. The monoisotopic (exact) mass is 716 g/mol. The van der Waals surface area contributed by atoms with Gasteiger partial charge in [0.1, 0.15) is 11.2 Å². The van der Waals surface area contributed by atoms with E-state index in [0.29, 0.717) is 17.5 Å². The Labute approximate surface area is 322 Å². The molecule has 0 unspecified atom stereocenters. The van der Waals surface area contributed by atoms with E-state index in [9.17, 15) is 0 Å². The Morgan fingerprint density at radius 3 is 1.52 bits per heavy atom. The predicted molar refractivity (Wildman–Crippen MR) is 229 cm³/mol. The number of rotatable bonds is 6. The third kappa shape index (κ3) is 5.45. The van der Waals surface area contributed by atoms with Crippen LogP contribution in [0, 0.1) is 0 Å². The van der Waals surface area contributed by atoms with Crippen LogP contribution in [0.3, 0.4) is 0 Å². The zero-order chi connectivity index (χ0) is 37.0. The highest BCUT2D eigenvalue weighted by Gasteiger charge is 2.18. The van der Waals surface area contributed by atoms with Gasteiger partial charge in [0.15, 0.2) is 17.5 Å². The first kappa shape index (κ1) is 31.9. The molecule has 3 heterocycles. The molecular formula is C51H32N4O. The van der Waals surface area contributed by atoms with Crippen molar-refractivity contribution in [1.29, 1.82) is 0 Å². The lowest BCUT2D eigenvalue weighted by molar-refractivity contribution is 0.669. The number of benzene rings is 8. The molecule has 5 heteroatoms. The van der Waals surface area contributed by atoms with Gasteiger partial charge in [-0.05, 0) is 76.9 Å². The predicted octanol–water partition coefficient (Wildman–Crippen LogP) is 13.2. The maximum Gasteiger partial charge on any atom is 0.164 e. The van der Waals surface area contributed by atoms with Crippen molar-refractivity contribution in [3.63, 3.8) is 0 Å². The normalized spacial score (nSPS) is 11.6. The topological polar surface area (TPSA) is 56.7 Å². The average molecular weight is 717 g/mol. The van der Waals surface area contributed by atoms with E-state index in [1.807, 2.05) is 48.5 Å². The van der Waals surface area contributed by atoms with Gasteiger partial charge in [0.2, 0.25) is 0 Å². The number of furan rings is 1. The Morgan fingerprint density at radius 2 is 0.804 bits per heavy atom. The first-order valence-corrected chi connectivity index (χ1v) is 18.8. The van der Waals surface area contributed by atoms with Gasteiger partial charge in [-0.2, -0.15) is 0 Å². The molecule has 0 amide bonds. The standard InChI is InChI=1S/C51H32N4O/c1-4-13-33(14-5-1)36-19-12-20-38(29-36)50-52-49(35-17-8-3-9-18-35)53-51(54-50)39-24-27-47-43(30-39)44-32-40(25-28-48(44)56-47)55-45-22-11-10-21-41(45)42-26-23-37(31-46(42)55)34-15-6-2-7-16-34/h1-32H. The second kappa shape index (κ2) is 13.0. The molecule has 5 nitrogen and oxygen atoms in total. The fourth-order valence-corrected chi connectivity index (χ4v) is 7.92. The van der Waals surface area contributed by atoms with Crippen LogP contribution in [0.2, 0.25) is 0 Å². The lowest BCUT2D eigenvalue weighted by atomic mass is 10.0. The number of hydrogen-bond acceptors (Lipinski definition) is 4. The van der Waals surface area contributed by atoms with Gasteiger partial charge in [-0.15, -0.1) is 0 Å². The first-order valence-electron chi connectivity index (χ1n) is 18.8. The first-order chi connectivity index (χ1) is 27.7. The summed E-state index contributed by atoms with van der Waals surface area (Å²) >= 11 is 0. The maximum atomic E-state index is 6.45. The quantitative estimate of drug-likeness (QED) is 0.172. The summed E-state index contributed by atoms with van der Waals surface area (Å²) in [6, 6.07) is 67.5. The van der Waals surface area contributed by atoms with E-state index >= 15 is 0 Å². The minimum atomic E-state index is 0.599. The van der Waals surface area contributed by atoms with Crippen LogP contribution in [0.1, 0.15) is 0 Å². The second-order valence-corrected chi connectivity index (χ2v) is 14.1. The number of nitrogens with zero attached hydrogens (tertiary/aromatic N) is 4. The highest BCUT2D eigenvalue weighted by atomic mass is 16.3. The minimum Gasteiger partial charge on any atom is -0.456 e. The molecule has 0 saturated heterocycles. The van der Waals surface area contributed by atoms with Crippen LogP contribution in [-0.4, -0.2) is 19.5 Å². The number of para-hydroxylation sites is 1. The second-order valence-electron chi connectivity index (χ2n) is 14.1. The van der Waals surface area contributed by atoms with E-state index in [-0.39, 0.29) is 0 Å². The molecule has 0 fully saturated rings. The van der Waals surface area contributed by atoms with Crippen molar-refractivity contribution in [2.24, 2.45) is 0 Å². The molecule has 0 aliphatic rings. The molecule has 0 bridgehead atoms. The molecule has 262 valence electrons. The Bertz CT molecular complexity index is 3240. The molecular weight excluding hydrogens is 685 g/mol. The molecule has 3 aromatic heterocycles. The summed E-state index contributed by atoms with van der Waals surface area (Å²) in [7, 11) is 0. The molecule has 0 atom stereocenters. The lowest BCUT2D eigenvalue weighted by Gasteiger charge is -2.10. The highest BCUT2D eigenvalue weighted by molar-refractivity contribution is 6.11. The van der Waals surface area contributed by atoms with Gasteiger partial charge in [0.25, 0.3) is 0 Å². The van der Waals surface area contributed by atoms with Crippen molar-refractivity contribution in [3.05, 3.63) is 194 Å².